The molecule has 0 spiro atoms. The number of aryl methyl sites for hydroxylation is 2. The molecule has 1 aliphatic rings. The number of thiophene rings is 1. The average Bonchev–Trinajstić information content (AvgIpc) is 3.09. The number of amides is 1. The molecule has 118 valence electrons. The van der Waals surface area contributed by atoms with E-state index in [1.54, 1.807) is 0 Å². The minimum absolute atomic E-state index is 0.0186. The standard InChI is InChI=1S/C16H21N3OS2/c1-3-17-16-19-10(2)14(22-16)15(20)18-8-11-9-21-13-7-5-4-6-12(11)13/h9H,3-8H2,1-2H3,(H,17,19)(H,18,20). The van der Waals surface area contributed by atoms with Crippen LogP contribution in [0.25, 0.3) is 0 Å². The lowest BCUT2D eigenvalue weighted by atomic mass is 9.96. The average molecular weight is 335 g/mol. The zero-order valence-electron chi connectivity index (χ0n) is 13.0. The topological polar surface area (TPSA) is 54.0 Å². The first-order valence-electron chi connectivity index (χ1n) is 7.76. The second-order valence-electron chi connectivity index (χ2n) is 5.52. The smallest absolute Gasteiger partial charge is 0.263 e. The van der Waals surface area contributed by atoms with Crippen molar-refractivity contribution in [2.75, 3.05) is 11.9 Å². The Morgan fingerprint density at radius 3 is 3.00 bits per heavy atom. The largest absolute Gasteiger partial charge is 0.362 e. The van der Waals surface area contributed by atoms with Gasteiger partial charge in [0.2, 0.25) is 0 Å². The lowest BCUT2D eigenvalue weighted by Crippen LogP contribution is -2.23. The molecule has 1 amide bonds. The molecule has 0 saturated carbocycles. The quantitative estimate of drug-likeness (QED) is 0.875. The molecule has 0 fully saturated rings. The maximum absolute atomic E-state index is 12.4. The zero-order valence-corrected chi connectivity index (χ0v) is 14.6. The summed E-state index contributed by atoms with van der Waals surface area (Å²) in [6.45, 7) is 5.35. The van der Waals surface area contributed by atoms with Gasteiger partial charge in [-0.15, -0.1) is 11.3 Å². The minimum atomic E-state index is -0.0186. The first kappa shape index (κ1) is 15.5. The van der Waals surface area contributed by atoms with Crippen molar-refractivity contribution < 1.29 is 4.79 Å². The fourth-order valence-corrected chi connectivity index (χ4v) is 4.90. The van der Waals surface area contributed by atoms with Crippen LogP contribution < -0.4 is 10.6 Å². The number of carbonyl (C=O) groups is 1. The van der Waals surface area contributed by atoms with Crippen molar-refractivity contribution in [1.82, 2.24) is 10.3 Å². The van der Waals surface area contributed by atoms with Crippen LogP contribution in [0.4, 0.5) is 5.13 Å². The normalized spacial score (nSPS) is 13.7. The van der Waals surface area contributed by atoms with Crippen molar-refractivity contribution in [2.45, 2.75) is 46.1 Å². The van der Waals surface area contributed by atoms with Crippen LogP contribution in [0.5, 0.6) is 0 Å². The van der Waals surface area contributed by atoms with Gasteiger partial charge in [0.15, 0.2) is 5.13 Å². The third-order valence-corrected chi connectivity index (χ3v) is 6.17. The highest BCUT2D eigenvalue weighted by molar-refractivity contribution is 7.17. The van der Waals surface area contributed by atoms with Crippen LogP contribution in [0, 0.1) is 6.92 Å². The molecule has 4 nitrogen and oxygen atoms in total. The maximum Gasteiger partial charge on any atom is 0.263 e. The van der Waals surface area contributed by atoms with Gasteiger partial charge in [-0.05, 0) is 56.0 Å². The second-order valence-corrected chi connectivity index (χ2v) is 7.48. The summed E-state index contributed by atoms with van der Waals surface area (Å²) < 4.78 is 0. The van der Waals surface area contributed by atoms with Gasteiger partial charge in [-0.2, -0.15) is 0 Å². The van der Waals surface area contributed by atoms with Crippen LogP contribution in [0.3, 0.4) is 0 Å². The van der Waals surface area contributed by atoms with Crippen molar-refractivity contribution in [3.63, 3.8) is 0 Å². The van der Waals surface area contributed by atoms with Crippen LogP contribution >= 0.6 is 22.7 Å². The van der Waals surface area contributed by atoms with Crippen molar-refractivity contribution >= 4 is 33.7 Å². The summed E-state index contributed by atoms with van der Waals surface area (Å²) in [7, 11) is 0. The van der Waals surface area contributed by atoms with E-state index in [2.05, 4.69) is 21.0 Å². The third-order valence-electron chi connectivity index (χ3n) is 3.92. The third kappa shape index (κ3) is 3.17. The highest BCUT2D eigenvalue weighted by Crippen LogP contribution is 2.30. The highest BCUT2D eigenvalue weighted by atomic mass is 32.1. The molecule has 0 radical (unpaired) electrons. The number of anilines is 1. The van der Waals surface area contributed by atoms with Gasteiger partial charge in [0.25, 0.3) is 5.91 Å². The van der Waals surface area contributed by atoms with E-state index in [0.29, 0.717) is 11.4 Å². The minimum Gasteiger partial charge on any atom is -0.362 e. The van der Waals surface area contributed by atoms with E-state index in [4.69, 9.17) is 0 Å². The Morgan fingerprint density at radius 2 is 2.18 bits per heavy atom. The summed E-state index contributed by atoms with van der Waals surface area (Å²) in [5.74, 6) is -0.0186. The van der Waals surface area contributed by atoms with E-state index in [9.17, 15) is 4.79 Å². The Kier molecular flexibility index (Phi) is 4.78. The molecule has 1 aliphatic carbocycles. The van der Waals surface area contributed by atoms with Gasteiger partial charge in [0.05, 0.1) is 5.69 Å². The van der Waals surface area contributed by atoms with Gasteiger partial charge in [0, 0.05) is 18.0 Å². The lowest BCUT2D eigenvalue weighted by molar-refractivity contribution is 0.0954. The number of hydrogen-bond donors (Lipinski definition) is 2. The number of nitrogens with zero attached hydrogens (tertiary/aromatic N) is 1. The van der Waals surface area contributed by atoms with Crippen molar-refractivity contribution in [3.05, 3.63) is 32.0 Å². The first-order valence-corrected chi connectivity index (χ1v) is 9.46. The summed E-state index contributed by atoms with van der Waals surface area (Å²) in [5, 5.41) is 9.25. The summed E-state index contributed by atoms with van der Waals surface area (Å²) in [6, 6.07) is 0. The van der Waals surface area contributed by atoms with Crippen LogP contribution in [0.1, 0.15) is 51.1 Å². The van der Waals surface area contributed by atoms with Crippen LogP contribution in [-0.4, -0.2) is 17.4 Å². The second kappa shape index (κ2) is 6.79. The summed E-state index contributed by atoms with van der Waals surface area (Å²) >= 11 is 3.27. The summed E-state index contributed by atoms with van der Waals surface area (Å²) in [5.41, 5.74) is 3.57. The molecule has 6 heteroatoms. The molecule has 0 aromatic carbocycles. The molecule has 2 heterocycles. The Bertz CT molecular complexity index is 675. The van der Waals surface area contributed by atoms with E-state index in [1.165, 1.54) is 46.6 Å². The molecule has 0 saturated heterocycles. The van der Waals surface area contributed by atoms with Crippen molar-refractivity contribution in [2.24, 2.45) is 0 Å². The van der Waals surface area contributed by atoms with Crippen molar-refractivity contribution in [3.8, 4) is 0 Å². The predicted molar refractivity (Wildman–Crippen MR) is 93.1 cm³/mol. The zero-order chi connectivity index (χ0) is 15.5. The number of hydrogen-bond acceptors (Lipinski definition) is 5. The molecule has 2 aromatic rings. The monoisotopic (exact) mass is 335 g/mol. The van der Waals surface area contributed by atoms with Gasteiger partial charge in [-0.1, -0.05) is 11.3 Å². The molecule has 3 rings (SSSR count). The Labute approximate surface area is 139 Å². The molecule has 0 atom stereocenters. The molecule has 2 aromatic heterocycles. The van der Waals surface area contributed by atoms with Gasteiger partial charge in [0.1, 0.15) is 4.88 Å². The maximum atomic E-state index is 12.4. The SMILES string of the molecule is CCNc1nc(C)c(C(=O)NCc2csc3c2CCCC3)s1. The van der Waals surface area contributed by atoms with Crippen LogP contribution in [0.2, 0.25) is 0 Å². The number of nitrogens with one attached hydrogen (secondary N) is 2. The van der Waals surface area contributed by atoms with E-state index in [0.717, 1.165) is 23.8 Å². The van der Waals surface area contributed by atoms with Crippen molar-refractivity contribution in [1.29, 1.82) is 0 Å². The van der Waals surface area contributed by atoms with E-state index in [-0.39, 0.29) is 5.91 Å². The van der Waals surface area contributed by atoms with Crippen LogP contribution in [-0.2, 0) is 19.4 Å². The van der Waals surface area contributed by atoms with Gasteiger partial charge in [-0.25, -0.2) is 4.98 Å². The number of rotatable bonds is 5. The fraction of sp³-hybridized carbons (Fsp3) is 0.500. The lowest BCUT2D eigenvalue weighted by Gasteiger charge is -2.13. The van der Waals surface area contributed by atoms with Gasteiger partial charge < -0.3 is 10.6 Å². The summed E-state index contributed by atoms with van der Waals surface area (Å²) in [6.07, 6.45) is 4.93. The summed E-state index contributed by atoms with van der Waals surface area (Å²) in [4.78, 5) is 19.0. The van der Waals surface area contributed by atoms with Gasteiger partial charge >= 0.3 is 0 Å². The fourth-order valence-electron chi connectivity index (χ4n) is 2.80. The number of thiazole rings is 1. The number of aromatic nitrogens is 1. The molecule has 22 heavy (non-hydrogen) atoms. The number of fused-ring (bicyclic) bond motifs is 1. The van der Waals surface area contributed by atoms with E-state index in [1.807, 2.05) is 25.2 Å². The molecule has 2 N–H and O–H groups in total. The Balaban J connectivity index is 1.66. The molecule has 0 aliphatic heterocycles. The first-order chi connectivity index (χ1) is 10.7. The van der Waals surface area contributed by atoms with Crippen LogP contribution in [0.15, 0.2) is 5.38 Å². The molecule has 0 unspecified atom stereocenters. The highest BCUT2D eigenvalue weighted by Gasteiger charge is 2.18. The molecular formula is C16H21N3OS2. The molecular weight excluding hydrogens is 314 g/mol. The van der Waals surface area contributed by atoms with E-state index >= 15 is 0 Å². The van der Waals surface area contributed by atoms with E-state index < -0.39 is 0 Å². The Morgan fingerprint density at radius 1 is 1.36 bits per heavy atom. The number of carbonyl (C=O) groups excluding carboxylic acids is 1. The molecule has 0 bridgehead atoms. The Hall–Kier alpha value is -1.40. The van der Waals surface area contributed by atoms with Gasteiger partial charge in [-0.3, -0.25) is 4.79 Å². The predicted octanol–water partition coefficient (Wildman–Crippen LogP) is 3.75.